The van der Waals surface area contributed by atoms with Crippen LogP contribution in [0.15, 0.2) is 11.6 Å². The van der Waals surface area contributed by atoms with E-state index in [9.17, 15) is 9.59 Å². The molecule has 0 rings (SSSR count). The van der Waals surface area contributed by atoms with Gasteiger partial charge in [0.2, 0.25) is 0 Å². The molecule has 0 heterocycles. The van der Waals surface area contributed by atoms with Crippen molar-refractivity contribution in [3.05, 3.63) is 11.6 Å². The molecule has 3 nitrogen and oxygen atoms in total. The fourth-order valence-corrected chi connectivity index (χ4v) is 0.996. The van der Waals surface area contributed by atoms with Crippen LogP contribution in [0.2, 0.25) is 0 Å². The van der Waals surface area contributed by atoms with Gasteiger partial charge >= 0.3 is 5.97 Å². The second-order valence-corrected chi connectivity index (χ2v) is 4.88. The topological polar surface area (TPSA) is 43.4 Å². The number of carbonyl (C=O) groups excluding carboxylic acids is 2. The molecular formula is C12H20O3. The second kappa shape index (κ2) is 5.10. The SMILES string of the molecule is CC(=O)/C(=C/C(C)C)C(=O)OC(C)(C)C. The molecular weight excluding hydrogens is 192 g/mol. The minimum Gasteiger partial charge on any atom is -0.456 e. The minimum atomic E-state index is -0.567. The summed E-state index contributed by atoms with van der Waals surface area (Å²) in [5, 5.41) is 0. The molecule has 0 radical (unpaired) electrons. The van der Waals surface area contributed by atoms with E-state index in [1.165, 1.54) is 6.92 Å². The molecule has 3 heteroatoms. The molecule has 0 aliphatic carbocycles. The molecule has 15 heavy (non-hydrogen) atoms. The molecule has 0 aromatic carbocycles. The number of allylic oxidation sites excluding steroid dienone is 1. The highest BCUT2D eigenvalue weighted by Gasteiger charge is 2.22. The zero-order valence-electron chi connectivity index (χ0n) is 10.4. The Morgan fingerprint density at radius 2 is 1.67 bits per heavy atom. The molecule has 0 amide bonds. The summed E-state index contributed by atoms with van der Waals surface area (Å²) in [5.74, 6) is -0.641. The van der Waals surface area contributed by atoms with Gasteiger partial charge in [-0.2, -0.15) is 0 Å². The maximum absolute atomic E-state index is 11.6. The Kier molecular flexibility index (Phi) is 4.72. The van der Waals surface area contributed by atoms with Gasteiger partial charge in [-0.05, 0) is 33.6 Å². The van der Waals surface area contributed by atoms with Crippen LogP contribution in [-0.2, 0) is 14.3 Å². The van der Waals surface area contributed by atoms with Crippen LogP contribution in [0, 0.1) is 5.92 Å². The normalized spacial score (nSPS) is 12.9. The predicted molar refractivity (Wildman–Crippen MR) is 59.4 cm³/mol. The van der Waals surface area contributed by atoms with Gasteiger partial charge in [0.05, 0.1) is 5.57 Å². The van der Waals surface area contributed by atoms with Crippen molar-refractivity contribution in [2.24, 2.45) is 5.92 Å². The van der Waals surface area contributed by atoms with Crippen molar-refractivity contribution in [1.82, 2.24) is 0 Å². The largest absolute Gasteiger partial charge is 0.456 e. The van der Waals surface area contributed by atoms with Crippen molar-refractivity contribution in [2.75, 3.05) is 0 Å². The van der Waals surface area contributed by atoms with E-state index in [4.69, 9.17) is 4.74 Å². The Hall–Kier alpha value is -1.12. The summed E-state index contributed by atoms with van der Waals surface area (Å²) in [6.45, 7) is 10.5. The van der Waals surface area contributed by atoms with Crippen molar-refractivity contribution in [3.63, 3.8) is 0 Å². The third-order valence-corrected chi connectivity index (χ3v) is 1.50. The standard InChI is InChI=1S/C12H20O3/c1-8(2)7-10(9(3)13)11(14)15-12(4,5)6/h7-8H,1-6H3/b10-7-. The molecule has 0 aromatic heterocycles. The smallest absolute Gasteiger partial charge is 0.341 e. The number of ether oxygens (including phenoxy) is 1. The Morgan fingerprint density at radius 1 is 1.20 bits per heavy atom. The van der Waals surface area contributed by atoms with Gasteiger partial charge in [-0.3, -0.25) is 4.79 Å². The lowest BCUT2D eigenvalue weighted by Crippen LogP contribution is -2.26. The summed E-state index contributed by atoms with van der Waals surface area (Å²) in [7, 11) is 0. The van der Waals surface area contributed by atoms with Crippen molar-refractivity contribution in [2.45, 2.75) is 47.1 Å². The summed E-state index contributed by atoms with van der Waals surface area (Å²) in [6.07, 6.45) is 1.64. The number of rotatable bonds is 3. The molecule has 0 aromatic rings. The molecule has 0 spiro atoms. The number of carbonyl (C=O) groups is 2. The van der Waals surface area contributed by atoms with Crippen LogP contribution in [0.5, 0.6) is 0 Å². The summed E-state index contributed by atoms with van der Waals surface area (Å²) in [6, 6.07) is 0. The number of hydrogen-bond acceptors (Lipinski definition) is 3. The van der Waals surface area contributed by atoms with Crippen LogP contribution in [0.1, 0.15) is 41.5 Å². The van der Waals surface area contributed by atoms with Gasteiger partial charge in [-0.25, -0.2) is 4.79 Å². The van der Waals surface area contributed by atoms with Gasteiger partial charge in [0.25, 0.3) is 0 Å². The molecule has 0 atom stereocenters. The highest BCUT2D eigenvalue weighted by molar-refractivity contribution is 6.16. The monoisotopic (exact) mass is 212 g/mol. The molecule has 0 aliphatic heterocycles. The third-order valence-electron chi connectivity index (χ3n) is 1.50. The lowest BCUT2D eigenvalue weighted by atomic mass is 10.1. The number of Topliss-reactive ketones (excluding diaryl/α,β-unsaturated/α-hetero) is 1. The summed E-state index contributed by atoms with van der Waals surface area (Å²) >= 11 is 0. The first-order valence-electron chi connectivity index (χ1n) is 5.09. The molecule has 0 N–H and O–H groups in total. The Balaban J connectivity index is 4.82. The van der Waals surface area contributed by atoms with Crippen LogP contribution in [0.3, 0.4) is 0 Å². The quantitative estimate of drug-likeness (QED) is 0.312. The highest BCUT2D eigenvalue weighted by Crippen LogP contribution is 2.13. The number of ketones is 1. The average Bonchev–Trinajstić information content (AvgIpc) is 1.95. The van der Waals surface area contributed by atoms with Gasteiger partial charge in [0.15, 0.2) is 5.78 Å². The van der Waals surface area contributed by atoms with Crippen molar-refractivity contribution in [1.29, 1.82) is 0 Å². The van der Waals surface area contributed by atoms with Crippen molar-refractivity contribution >= 4 is 11.8 Å². The van der Waals surface area contributed by atoms with Crippen LogP contribution < -0.4 is 0 Å². The van der Waals surface area contributed by atoms with Gasteiger partial charge in [0, 0.05) is 0 Å². The number of hydrogen-bond donors (Lipinski definition) is 0. The average molecular weight is 212 g/mol. The molecule has 0 saturated heterocycles. The van der Waals surface area contributed by atoms with Gasteiger partial charge < -0.3 is 4.74 Å². The van der Waals surface area contributed by atoms with Gasteiger partial charge in [0.1, 0.15) is 5.60 Å². The van der Waals surface area contributed by atoms with Crippen molar-refractivity contribution in [3.8, 4) is 0 Å². The molecule has 0 aliphatic rings. The molecule has 86 valence electrons. The summed E-state index contributed by atoms with van der Waals surface area (Å²) in [5.41, 5.74) is -0.428. The van der Waals surface area contributed by atoms with Crippen LogP contribution >= 0.6 is 0 Å². The minimum absolute atomic E-state index is 0.139. The highest BCUT2D eigenvalue weighted by atomic mass is 16.6. The van der Waals surface area contributed by atoms with E-state index < -0.39 is 11.6 Å². The van der Waals surface area contributed by atoms with Gasteiger partial charge in [-0.15, -0.1) is 0 Å². The maximum atomic E-state index is 11.6. The predicted octanol–water partition coefficient (Wildman–Crippen LogP) is 2.50. The van der Waals surface area contributed by atoms with E-state index in [1.807, 2.05) is 13.8 Å². The van der Waals surface area contributed by atoms with Crippen molar-refractivity contribution < 1.29 is 14.3 Å². The second-order valence-electron chi connectivity index (χ2n) is 4.88. The summed E-state index contributed by atoms with van der Waals surface area (Å²) in [4.78, 5) is 22.9. The first-order chi connectivity index (χ1) is 6.63. The van der Waals surface area contributed by atoms with Crippen LogP contribution in [0.25, 0.3) is 0 Å². The zero-order chi connectivity index (χ0) is 12.2. The molecule has 0 unspecified atom stereocenters. The lowest BCUT2D eigenvalue weighted by molar-refractivity contribution is -0.150. The third kappa shape index (κ3) is 6.05. The first kappa shape index (κ1) is 13.9. The Bertz CT molecular complexity index is 280. The first-order valence-corrected chi connectivity index (χ1v) is 5.09. The van der Waals surface area contributed by atoms with E-state index >= 15 is 0 Å². The fourth-order valence-electron chi connectivity index (χ4n) is 0.996. The fraction of sp³-hybridized carbons (Fsp3) is 0.667. The van der Waals surface area contributed by atoms with E-state index in [1.54, 1.807) is 26.8 Å². The van der Waals surface area contributed by atoms with E-state index in [-0.39, 0.29) is 17.3 Å². The van der Waals surface area contributed by atoms with E-state index in [2.05, 4.69) is 0 Å². The lowest BCUT2D eigenvalue weighted by Gasteiger charge is -2.20. The Labute approximate surface area is 91.5 Å². The van der Waals surface area contributed by atoms with E-state index in [0.717, 1.165) is 0 Å². The summed E-state index contributed by atoms with van der Waals surface area (Å²) < 4.78 is 5.13. The Morgan fingerprint density at radius 3 is 1.93 bits per heavy atom. The zero-order valence-corrected chi connectivity index (χ0v) is 10.4. The van der Waals surface area contributed by atoms with E-state index in [0.29, 0.717) is 0 Å². The van der Waals surface area contributed by atoms with Crippen LogP contribution in [-0.4, -0.2) is 17.4 Å². The van der Waals surface area contributed by atoms with Crippen LogP contribution in [0.4, 0.5) is 0 Å². The number of esters is 1. The molecule has 0 saturated carbocycles. The van der Waals surface area contributed by atoms with Gasteiger partial charge in [-0.1, -0.05) is 19.9 Å². The maximum Gasteiger partial charge on any atom is 0.341 e. The molecule has 0 fully saturated rings. The molecule has 0 bridgehead atoms.